The van der Waals surface area contributed by atoms with E-state index in [1.807, 2.05) is 37.4 Å². The van der Waals surface area contributed by atoms with Crippen LogP contribution in [0.3, 0.4) is 0 Å². The third-order valence-corrected chi connectivity index (χ3v) is 2.38. The summed E-state index contributed by atoms with van der Waals surface area (Å²) in [5.74, 6) is -0.775. The summed E-state index contributed by atoms with van der Waals surface area (Å²) in [6, 6.07) is 8.87. The van der Waals surface area contributed by atoms with Crippen molar-refractivity contribution >= 4 is 17.5 Å². The van der Waals surface area contributed by atoms with Crippen LogP contribution >= 0.6 is 0 Å². The SMILES string of the molecule is C[C@@H](NC(=O)CN(C)c1ccccc1)C(N)=O. The topological polar surface area (TPSA) is 75.4 Å². The fraction of sp³-hybridized carbons (Fsp3) is 0.333. The van der Waals surface area contributed by atoms with Crippen LogP contribution in [0.1, 0.15) is 6.92 Å². The molecule has 5 nitrogen and oxygen atoms in total. The lowest BCUT2D eigenvalue weighted by Gasteiger charge is -2.19. The third kappa shape index (κ3) is 4.14. The number of anilines is 1. The summed E-state index contributed by atoms with van der Waals surface area (Å²) in [6.45, 7) is 1.74. The van der Waals surface area contributed by atoms with Crippen molar-refractivity contribution in [2.75, 3.05) is 18.5 Å². The van der Waals surface area contributed by atoms with E-state index in [1.54, 1.807) is 11.8 Å². The highest BCUT2D eigenvalue weighted by molar-refractivity contribution is 5.88. The van der Waals surface area contributed by atoms with Crippen molar-refractivity contribution in [1.29, 1.82) is 0 Å². The van der Waals surface area contributed by atoms with E-state index < -0.39 is 11.9 Å². The molecule has 0 saturated carbocycles. The van der Waals surface area contributed by atoms with Crippen LogP contribution in [0.2, 0.25) is 0 Å². The largest absolute Gasteiger partial charge is 0.368 e. The highest BCUT2D eigenvalue weighted by atomic mass is 16.2. The van der Waals surface area contributed by atoms with Crippen LogP contribution in [-0.4, -0.2) is 31.4 Å². The molecule has 0 aliphatic rings. The fourth-order valence-electron chi connectivity index (χ4n) is 1.35. The molecule has 17 heavy (non-hydrogen) atoms. The maximum atomic E-state index is 11.6. The Morgan fingerprint density at radius 1 is 1.35 bits per heavy atom. The van der Waals surface area contributed by atoms with E-state index in [2.05, 4.69) is 5.32 Å². The van der Waals surface area contributed by atoms with Gasteiger partial charge in [-0.2, -0.15) is 0 Å². The smallest absolute Gasteiger partial charge is 0.240 e. The maximum Gasteiger partial charge on any atom is 0.240 e. The average molecular weight is 235 g/mol. The normalized spacial score (nSPS) is 11.6. The first-order valence-electron chi connectivity index (χ1n) is 5.35. The minimum absolute atomic E-state index is 0.182. The van der Waals surface area contributed by atoms with Crippen molar-refractivity contribution in [3.8, 4) is 0 Å². The number of hydrogen-bond donors (Lipinski definition) is 2. The molecule has 2 amide bonds. The fourth-order valence-corrected chi connectivity index (χ4v) is 1.35. The Morgan fingerprint density at radius 2 is 1.94 bits per heavy atom. The number of carbonyl (C=O) groups is 2. The first-order valence-corrected chi connectivity index (χ1v) is 5.35. The summed E-state index contributed by atoms with van der Waals surface area (Å²) in [6.07, 6.45) is 0. The molecule has 92 valence electrons. The van der Waals surface area contributed by atoms with E-state index in [-0.39, 0.29) is 12.5 Å². The Bertz CT molecular complexity index is 392. The zero-order valence-electron chi connectivity index (χ0n) is 10.0. The lowest BCUT2D eigenvalue weighted by Crippen LogP contribution is -2.45. The van der Waals surface area contributed by atoms with Crippen molar-refractivity contribution in [3.63, 3.8) is 0 Å². The van der Waals surface area contributed by atoms with E-state index in [1.165, 1.54) is 0 Å². The molecular formula is C12H17N3O2. The number of nitrogens with zero attached hydrogens (tertiary/aromatic N) is 1. The van der Waals surface area contributed by atoms with Crippen LogP contribution < -0.4 is 16.0 Å². The second-order valence-corrected chi connectivity index (χ2v) is 3.88. The molecule has 1 atom stereocenters. The number of para-hydroxylation sites is 1. The molecule has 5 heteroatoms. The number of benzene rings is 1. The molecular weight excluding hydrogens is 218 g/mol. The van der Waals surface area contributed by atoms with Crippen molar-refractivity contribution in [2.45, 2.75) is 13.0 Å². The van der Waals surface area contributed by atoms with Gasteiger partial charge in [0.25, 0.3) is 0 Å². The van der Waals surface area contributed by atoms with Crippen LogP contribution in [0.4, 0.5) is 5.69 Å². The maximum absolute atomic E-state index is 11.6. The quantitative estimate of drug-likeness (QED) is 0.760. The van der Waals surface area contributed by atoms with E-state index in [0.717, 1.165) is 5.69 Å². The van der Waals surface area contributed by atoms with Gasteiger partial charge < -0.3 is 16.0 Å². The lowest BCUT2D eigenvalue weighted by molar-refractivity contribution is -0.126. The Labute approximate surface area is 101 Å². The molecule has 0 saturated heterocycles. The van der Waals surface area contributed by atoms with Crippen molar-refractivity contribution in [1.82, 2.24) is 5.32 Å². The summed E-state index contributed by atoms with van der Waals surface area (Å²) >= 11 is 0. The van der Waals surface area contributed by atoms with Gasteiger partial charge in [0.05, 0.1) is 6.54 Å². The van der Waals surface area contributed by atoms with Gasteiger partial charge in [-0.05, 0) is 19.1 Å². The van der Waals surface area contributed by atoms with Gasteiger partial charge in [0, 0.05) is 12.7 Å². The zero-order valence-corrected chi connectivity index (χ0v) is 10.0. The predicted octanol–water partition coefficient (Wildman–Crippen LogP) is 0.113. The molecule has 0 unspecified atom stereocenters. The highest BCUT2D eigenvalue weighted by Gasteiger charge is 2.13. The average Bonchev–Trinajstić information content (AvgIpc) is 2.29. The molecule has 0 radical (unpaired) electrons. The molecule has 1 aromatic carbocycles. The number of nitrogens with two attached hydrogens (primary N) is 1. The number of amides is 2. The zero-order chi connectivity index (χ0) is 12.8. The Morgan fingerprint density at radius 3 is 2.47 bits per heavy atom. The van der Waals surface area contributed by atoms with Crippen molar-refractivity contribution in [3.05, 3.63) is 30.3 Å². The second kappa shape index (κ2) is 5.89. The Hall–Kier alpha value is -2.04. The summed E-state index contributed by atoms with van der Waals surface area (Å²) in [5, 5.41) is 2.52. The highest BCUT2D eigenvalue weighted by Crippen LogP contribution is 2.09. The van der Waals surface area contributed by atoms with Gasteiger partial charge in [0.1, 0.15) is 6.04 Å². The Balaban J connectivity index is 2.49. The first-order chi connectivity index (χ1) is 8.00. The number of likely N-dealkylation sites (N-methyl/N-ethyl adjacent to an activating group) is 1. The first kappa shape index (κ1) is 13.0. The van der Waals surface area contributed by atoms with Gasteiger partial charge in [-0.15, -0.1) is 0 Å². The minimum atomic E-state index is -0.647. The number of carbonyl (C=O) groups excluding carboxylic acids is 2. The second-order valence-electron chi connectivity index (χ2n) is 3.88. The number of hydrogen-bond acceptors (Lipinski definition) is 3. The van der Waals surface area contributed by atoms with Crippen LogP contribution in [-0.2, 0) is 9.59 Å². The van der Waals surface area contributed by atoms with Gasteiger partial charge in [0.15, 0.2) is 0 Å². The monoisotopic (exact) mass is 235 g/mol. The Kier molecular flexibility index (Phi) is 4.51. The molecule has 0 spiro atoms. The van der Waals surface area contributed by atoms with Crippen LogP contribution in [0, 0.1) is 0 Å². The molecule has 0 aliphatic heterocycles. The number of nitrogens with one attached hydrogen (secondary N) is 1. The molecule has 0 aromatic heterocycles. The van der Waals surface area contributed by atoms with Gasteiger partial charge in [-0.1, -0.05) is 18.2 Å². The van der Waals surface area contributed by atoms with Crippen LogP contribution in [0.15, 0.2) is 30.3 Å². The van der Waals surface area contributed by atoms with E-state index in [0.29, 0.717) is 0 Å². The van der Waals surface area contributed by atoms with E-state index >= 15 is 0 Å². The molecule has 0 fully saturated rings. The van der Waals surface area contributed by atoms with E-state index in [4.69, 9.17) is 5.73 Å². The number of rotatable bonds is 5. The molecule has 0 heterocycles. The van der Waals surface area contributed by atoms with E-state index in [9.17, 15) is 9.59 Å². The van der Waals surface area contributed by atoms with Gasteiger partial charge >= 0.3 is 0 Å². The minimum Gasteiger partial charge on any atom is -0.368 e. The molecule has 0 aliphatic carbocycles. The van der Waals surface area contributed by atoms with Crippen molar-refractivity contribution in [2.24, 2.45) is 5.73 Å². The van der Waals surface area contributed by atoms with Gasteiger partial charge in [-0.25, -0.2) is 0 Å². The van der Waals surface area contributed by atoms with Gasteiger partial charge in [-0.3, -0.25) is 9.59 Å². The number of primary amides is 1. The lowest BCUT2D eigenvalue weighted by atomic mass is 10.3. The van der Waals surface area contributed by atoms with Crippen molar-refractivity contribution < 1.29 is 9.59 Å². The van der Waals surface area contributed by atoms with Crippen LogP contribution in [0.25, 0.3) is 0 Å². The molecule has 3 N–H and O–H groups in total. The van der Waals surface area contributed by atoms with Gasteiger partial charge in [0.2, 0.25) is 11.8 Å². The summed E-state index contributed by atoms with van der Waals surface area (Å²) in [7, 11) is 1.81. The summed E-state index contributed by atoms with van der Waals surface area (Å²) in [4.78, 5) is 24.2. The molecule has 1 rings (SSSR count). The summed E-state index contributed by atoms with van der Waals surface area (Å²) < 4.78 is 0. The molecule has 1 aromatic rings. The predicted molar refractivity (Wildman–Crippen MR) is 66.5 cm³/mol. The third-order valence-electron chi connectivity index (χ3n) is 2.38. The van der Waals surface area contributed by atoms with Crippen LogP contribution in [0.5, 0.6) is 0 Å². The summed E-state index contributed by atoms with van der Waals surface area (Å²) in [5.41, 5.74) is 6.00. The standard InChI is InChI=1S/C12H17N3O2/c1-9(12(13)17)14-11(16)8-15(2)10-6-4-3-5-7-10/h3-7,9H,8H2,1-2H3,(H2,13,17)(H,14,16)/t9-/m1/s1. The molecule has 0 bridgehead atoms.